The Morgan fingerprint density at radius 1 is 1.80 bits per heavy atom. The van der Waals surface area contributed by atoms with E-state index >= 15 is 0 Å². The molecule has 0 spiro atoms. The Kier molecular flexibility index (Phi) is 2.46. The molecule has 1 aromatic rings. The van der Waals surface area contributed by atoms with E-state index in [1.165, 1.54) is 0 Å². The fraction of sp³-hybridized carbons (Fsp3) is 0.286. The lowest BCUT2D eigenvalue weighted by Gasteiger charge is -1.79. The van der Waals surface area contributed by atoms with Crippen LogP contribution in [-0.2, 0) is 11.2 Å². The zero-order valence-corrected chi connectivity index (χ0v) is 7.13. The van der Waals surface area contributed by atoms with Crippen molar-refractivity contribution in [3.8, 4) is 0 Å². The molecular weight excluding hydrogens is 168 g/mol. The third-order valence-corrected chi connectivity index (χ3v) is 2.77. The van der Waals surface area contributed by atoms with Gasteiger partial charge in [0.1, 0.15) is 6.29 Å². The maximum atomic E-state index is 10.1. The molecule has 0 saturated carbocycles. The lowest BCUT2D eigenvalue weighted by molar-refractivity contribution is -0.107. The van der Waals surface area contributed by atoms with E-state index in [2.05, 4.69) is 0 Å². The van der Waals surface area contributed by atoms with Crippen molar-refractivity contribution in [2.24, 2.45) is 0 Å². The fourth-order valence-corrected chi connectivity index (χ4v) is 1.89. The summed E-state index contributed by atoms with van der Waals surface area (Å²) < 4.78 is 0. The van der Waals surface area contributed by atoms with Gasteiger partial charge < -0.3 is 4.79 Å². The third kappa shape index (κ3) is 1.58. The number of hydrogen-bond acceptors (Lipinski definition) is 2. The zero-order valence-electron chi connectivity index (χ0n) is 5.56. The first-order chi connectivity index (χ1) is 4.74. The summed E-state index contributed by atoms with van der Waals surface area (Å²) in [6, 6.07) is 1.84. The first kappa shape index (κ1) is 7.76. The summed E-state index contributed by atoms with van der Waals surface area (Å²) >= 11 is 7.34. The van der Waals surface area contributed by atoms with Gasteiger partial charge in [-0.05, 0) is 13.0 Å². The number of halogens is 1. The maximum absolute atomic E-state index is 10.1. The van der Waals surface area contributed by atoms with Crippen molar-refractivity contribution >= 4 is 29.2 Å². The highest BCUT2D eigenvalue weighted by Crippen LogP contribution is 2.25. The van der Waals surface area contributed by atoms with Gasteiger partial charge >= 0.3 is 0 Å². The van der Waals surface area contributed by atoms with Crippen LogP contribution in [0.15, 0.2) is 6.07 Å². The molecule has 0 fully saturated rings. The molecule has 3 heteroatoms. The molecule has 10 heavy (non-hydrogen) atoms. The molecule has 0 atom stereocenters. The Balaban J connectivity index is 2.86. The van der Waals surface area contributed by atoms with Crippen LogP contribution >= 0.6 is 22.9 Å². The Bertz CT molecular complexity index is 222. The van der Waals surface area contributed by atoms with Crippen molar-refractivity contribution in [1.82, 2.24) is 0 Å². The van der Waals surface area contributed by atoms with Crippen molar-refractivity contribution in [2.45, 2.75) is 13.3 Å². The molecule has 1 aromatic heterocycles. The van der Waals surface area contributed by atoms with Gasteiger partial charge in [-0.2, -0.15) is 0 Å². The van der Waals surface area contributed by atoms with Crippen molar-refractivity contribution in [1.29, 1.82) is 0 Å². The summed E-state index contributed by atoms with van der Waals surface area (Å²) in [6.07, 6.45) is 1.37. The molecule has 0 saturated heterocycles. The normalized spacial score (nSPS) is 9.80. The van der Waals surface area contributed by atoms with Crippen LogP contribution in [0.4, 0.5) is 0 Å². The summed E-state index contributed by atoms with van der Waals surface area (Å²) in [5, 5.41) is 0.766. The Hall–Kier alpha value is -0.340. The lowest BCUT2D eigenvalue weighted by Crippen LogP contribution is -1.76. The third-order valence-electron chi connectivity index (χ3n) is 1.19. The highest BCUT2D eigenvalue weighted by atomic mass is 35.5. The number of carbonyl (C=O) groups excluding carboxylic acids is 1. The van der Waals surface area contributed by atoms with Crippen molar-refractivity contribution < 1.29 is 4.79 Å². The second-order valence-corrected chi connectivity index (χ2v) is 3.74. The molecule has 54 valence electrons. The molecule has 1 rings (SSSR count). The van der Waals surface area contributed by atoms with Gasteiger partial charge in [0.2, 0.25) is 0 Å². The predicted molar refractivity (Wildman–Crippen MR) is 43.8 cm³/mol. The first-order valence-corrected chi connectivity index (χ1v) is 4.12. The van der Waals surface area contributed by atoms with Crippen LogP contribution in [0.3, 0.4) is 0 Å². The Morgan fingerprint density at radius 2 is 2.50 bits per heavy atom. The molecule has 0 N–H and O–H groups in total. The SMILES string of the molecule is Cc1sc(CC=O)cc1Cl. The highest BCUT2D eigenvalue weighted by molar-refractivity contribution is 7.12. The number of thiophene rings is 1. The largest absolute Gasteiger partial charge is 0.303 e. The standard InChI is InChI=1S/C7H7ClOS/c1-5-7(8)4-6(10-5)2-3-9/h3-4H,2H2,1H3. The van der Waals surface area contributed by atoms with Crippen LogP contribution in [0, 0.1) is 6.92 Å². The van der Waals surface area contributed by atoms with Gasteiger partial charge in [-0.1, -0.05) is 11.6 Å². The van der Waals surface area contributed by atoms with E-state index in [1.54, 1.807) is 11.3 Å². The zero-order chi connectivity index (χ0) is 7.56. The molecule has 0 unspecified atom stereocenters. The number of aldehydes is 1. The average molecular weight is 175 g/mol. The molecule has 0 aliphatic heterocycles. The highest BCUT2D eigenvalue weighted by Gasteiger charge is 2.00. The van der Waals surface area contributed by atoms with Crippen molar-refractivity contribution in [2.75, 3.05) is 0 Å². The Labute approximate surface area is 68.6 Å². The van der Waals surface area contributed by atoms with E-state index in [1.807, 2.05) is 13.0 Å². The molecule has 0 amide bonds. The van der Waals surface area contributed by atoms with Gasteiger partial charge in [0.25, 0.3) is 0 Å². The molecule has 0 aliphatic rings. The van der Waals surface area contributed by atoms with Gasteiger partial charge in [0.05, 0.1) is 5.02 Å². The molecule has 0 aromatic carbocycles. The monoisotopic (exact) mass is 174 g/mol. The molecule has 1 heterocycles. The molecule has 0 radical (unpaired) electrons. The minimum absolute atomic E-state index is 0.484. The molecular formula is C7H7ClOS. The van der Waals surface area contributed by atoms with E-state index in [-0.39, 0.29) is 0 Å². The molecule has 0 bridgehead atoms. The van der Waals surface area contributed by atoms with E-state index < -0.39 is 0 Å². The number of hydrogen-bond donors (Lipinski definition) is 0. The van der Waals surface area contributed by atoms with Gasteiger partial charge in [-0.15, -0.1) is 11.3 Å². The van der Waals surface area contributed by atoms with Gasteiger partial charge in [0, 0.05) is 16.2 Å². The van der Waals surface area contributed by atoms with E-state index in [4.69, 9.17) is 11.6 Å². The summed E-state index contributed by atoms with van der Waals surface area (Å²) in [6.45, 7) is 1.95. The summed E-state index contributed by atoms with van der Waals surface area (Å²) in [5.41, 5.74) is 0. The number of aryl methyl sites for hydroxylation is 1. The van der Waals surface area contributed by atoms with Crippen LogP contribution in [0.5, 0.6) is 0 Å². The quantitative estimate of drug-likeness (QED) is 0.630. The van der Waals surface area contributed by atoms with Crippen LogP contribution in [0.2, 0.25) is 5.02 Å². The van der Waals surface area contributed by atoms with Crippen LogP contribution < -0.4 is 0 Å². The van der Waals surface area contributed by atoms with E-state index in [0.29, 0.717) is 6.42 Å². The molecule has 0 aliphatic carbocycles. The first-order valence-electron chi connectivity index (χ1n) is 2.92. The second-order valence-electron chi connectivity index (χ2n) is 1.99. The van der Waals surface area contributed by atoms with Gasteiger partial charge in [-0.3, -0.25) is 0 Å². The van der Waals surface area contributed by atoms with Crippen molar-refractivity contribution in [3.05, 3.63) is 20.8 Å². The summed E-state index contributed by atoms with van der Waals surface area (Å²) in [5.74, 6) is 0. The van der Waals surface area contributed by atoms with Crippen LogP contribution in [0.25, 0.3) is 0 Å². The van der Waals surface area contributed by atoms with Gasteiger partial charge in [-0.25, -0.2) is 0 Å². The van der Waals surface area contributed by atoms with Gasteiger partial charge in [0.15, 0.2) is 0 Å². The topological polar surface area (TPSA) is 17.1 Å². The summed E-state index contributed by atoms with van der Waals surface area (Å²) in [7, 11) is 0. The fourth-order valence-electron chi connectivity index (χ4n) is 0.701. The lowest BCUT2D eigenvalue weighted by atomic mass is 10.4. The number of carbonyl (C=O) groups is 1. The smallest absolute Gasteiger partial charge is 0.125 e. The Morgan fingerprint density at radius 3 is 2.90 bits per heavy atom. The molecule has 1 nitrogen and oxygen atoms in total. The maximum Gasteiger partial charge on any atom is 0.125 e. The van der Waals surface area contributed by atoms with Crippen LogP contribution in [-0.4, -0.2) is 6.29 Å². The second kappa shape index (κ2) is 3.17. The van der Waals surface area contributed by atoms with Crippen molar-refractivity contribution in [3.63, 3.8) is 0 Å². The van der Waals surface area contributed by atoms with E-state index in [9.17, 15) is 4.79 Å². The van der Waals surface area contributed by atoms with Crippen LogP contribution in [0.1, 0.15) is 9.75 Å². The average Bonchev–Trinajstić information content (AvgIpc) is 2.14. The minimum atomic E-state index is 0.484. The minimum Gasteiger partial charge on any atom is -0.303 e. The summed E-state index contributed by atoms with van der Waals surface area (Å²) in [4.78, 5) is 12.2. The predicted octanol–water partition coefficient (Wildman–Crippen LogP) is 2.45. The van der Waals surface area contributed by atoms with E-state index in [0.717, 1.165) is 21.1 Å². The number of rotatable bonds is 2.